The summed E-state index contributed by atoms with van der Waals surface area (Å²) in [5, 5.41) is 0. The maximum absolute atomic E-state index is 10.8. The second kappa shape index (κ2) is 6.32. The fourth-order valence-corrected chi connectivity index (χ4v) is 0.0945. The number of halogens is 7. The lowest BCUT2D eigenvalue weighted by molar-refractivity contribution is -0.297. The third kappa shape index (κ3) is 18.1. The van der Waals surface area contributed by atoms with Crippen molar-refractivity contribution >= 4 is 0 Å². The first-order valence-electron chi connectivity index (χ1n) is 2.42. The summed E-state index contributed by atoms with van der Waals surface area (Å²) < 4.78 is 76.4. The van der Waals surface area contributed by atoms with Crippen LogP contribution in [0.15, 0.2) is 25.0 Å². The number of hydrogen-bond donors (Lipinski definition) is 0. The van der Waals surface area contributed by atoms with Gasteiger partial charge in [0.2, 0.25) is 0 Å². The Kier molecular flexibility index (Phi) is 6.96. The van der Waals surface area contributed by atoms with E-state index in [4.69, 9.17) is 0 Å². The smallest absolute Gasteiger partial charge is 0.414 e. The number of alkyl halides is 3. The fourth-order valence-electron chi connectivity index (χ4n) is 0.0945. The first-order valence-corrected chi connectivity index (χ1v) is 2.42. The Bertz CT molecular complexity index is 164. The quantitative estimate of drug-likeness (QED) is 0.476. The zero-order chi connectivity index (χ0) is 11.1. The minimum absolute atomic E-state index is 0.333. The Labute approximate surface area is 68.1 Å². The number of hydrogen-bond acceptors (Lipinski definition) is 1. The van der Waals surface area contributed by atoms with Crippen LogP contribution in [-0.4, -0.2) is 6.36 Å². The minimum atomic E-state index is -4.57. The van der Waals surface area contributed by atoms with Crippen molar-refractivity contribution in [1.29, 1.82) is 0 Å². The molecule has 0 aromatic heterocycles. The zero-order valence-corrected chi connectivity index (χ0v) is 5.84. The standard InChI is InChI=1S/C3H3F3O.C2F4/c1-2-7-3(4,5)6;3-1(4)2(5)6/h2H,1H2;. The molecular weight excluding hydrogens is 209 g/mol. The Morgan fingerprint density at radius 3 is 1.31 bits per heavy atom. The van der Waals surface area contributed by atoms with Gasteiger partial charge in [-0.3, -0.25) is 0 Å². The monoisotopic (exact) mass is 212 g/mol. The highest BCUT2D eigenvalue weighted by Crippen LogP contribution is 2.15. The van der Waals surface area contributed by atoms with E-state index in [1.165, 1.54) is 0 Å². The van der Waals surface area contributed by atoms with Crippen LogP contribution in [-0.2, 0) is 4.74 Å². The third-order valence-corrected chi connectivity index (χ3v) is 0.360. The maximum Gasteiger partial charge on any atom is 0.572 e. The van der Waals surface area contributed by atoms with Gasteiger partial charge in [0.15, 0.2) is 0 Å². The molecule has 0 spiro atoms. The van der Waals surface area contributed by atoms with Gasteiger partial charge in [0.25, 0.3) is 0 Å². The van der Waals surface area contributed by atoms with Crippen LogP contribution in [0.3, 0.4) is 0 Å². The van der Waals surface area contributed by atoms with Gasteiger partial charge in [0, 0.05) is 0 Å². The number of rotatable bonds is 1. The summed E-state index contributed by atoms with van der Waals surface area (Å²) in [7, 11) is 0. The van der Waals surface area contributed by atoms with Crippen LogP contribution in [0.25, 0.3) is 0 Å². The lowest BCUT2D eigenvalue weighted by Crippen LogP contribution is -2.07. The molecule has 0 fully saturated rings. The van der Waals surface area contributed by atoms with Gasteiger partial charge < -0.3 is 4.74 Å². The average Bonchev–Trinajstić information content (AvgIpc) is 1.85. The Morgan fingerprint density at radius 2 is 1.31 bits per heavy atom. The van der Waals surface area contributed by atoms with Crippen molar-refractivity contribution in [2.24, 2.45) is 0 Å². The highest BCUT2D eigenvalue weighted by atomic mass is 19.4. The minimum Gasteiger partial charge on any atom is -0.414 e. The molecule has 8 heteroatoms. The van der Waals surface area contributed by atoms with Crippen molar-refractivity contribution in [3.63, 3.8) is 0 Å². The van der Waals surface area contributed by atoms with E-state index in [2.05, 4.69) is 11.3 Å². The molecule has 1 nitrogen and oxygen atoms in total. The van der Waals surface area contributed by atoms with Crippen LogP contribution in [0.2, 0.25) is 0 Å². The maximum atomic E-state index is 10.8. The molecule has 0 aliphatic heterocycles. The van der Waals surface area contributed by atoms with Crippen LogP contribution in [0.5, 0.6) is 0 Å². The van der Waals surface area contributed by atoms with Gasteiger partial charge in [-0.25, -0.2) is 0 Å². The predicted octanol–water partition coefficient (Wildman–Crippen LogP) is 3.66. The van der Waals surface area contributed by atoms with E-state index < -0.39 is 18.5 Å². The molecule has 0 saturated carbocycles. The van der Waals surface area contributed by atoms with Gasteiger partial charge >= 0.3 is 18.5 Å². The molecule has 0 aromatic carbocycles. The molecule has 0 radical (unpaired) electrons. The second-order valence-electron chi connectivity index (χ2n) is 1.25. The fraction of sp³-hybridized carbons (Fsp3) is 0.200. The van der Waals surface area contributed by atoms with E-state index in [0.717, 1.165) is 0 Å². The SMILES string of the molecule is C=COC(F)(F)F.FC(F)=C(F)F. The van der Waals surface area contributed by atoms with Crippen molar-refractivity contribution < 1.29 is 35.5 Å². The molecule has 0 unspecified atom stereocenters. The Morgan fingerprint density at radius 1 is 1.00 bits per heavy atom. The molecule has 78 valence electrons. The van der Waals surface area contributed by atoms with E-state index in [9.17, 15) is 30.7 Å². The number of ether oxygens (including phenoxy) is 1. The van der Waals surface area contributed by atoms with E-state index in [1.54, 1.807) is 0 Å². The summed E-state index contributed by atoms with van der Waals surface area (Å²) in [5.41, 5.74) is 0. The summed E-state index contributed by atoms with van der Waals surface area (Å²) in [6.07, 6.45) is -10.0. The largest absolute Gasteiger partial charge is 0.572 e. The third-order valence-electron chi connectivity index (χ3n) is 0.360. The van der Waals surface area contributed by atoms with Gasteiger partial charge in [0.1, 0.15) is 0 Å². The Hall–Kier alpha value is -1.21. The van der Waals surface area contributed by atoms with Crippen LogP contribution in [0.1, 0.15) is 0 Å². The summed E-state index contributed by atoms with van der Waals surface area (Å²) in [5.74, 6) is 0. The summed E-state index contributed by atoms with van der Waals surface area (Å²) in [6.45, 7) is 2.70. The van der Waals surface area contributed by atoms with Gasteiger partial charge in [0.05, 0.1) is 6.26 Å². The molecule has 0 heterocycles. The van der Waals surface area contributed by atoms with Gasteiger partial charge in [-0.1, -0.05) is 6.58 Å². The van der Waals surface area contributed by atoms with Crippen LogP contribution < -0.4 is 0 Å². The van der Waals surface area contributed by atoms with Crippen molar-refractivity contribution in [3.8, 4) is 0 Å². The van der Waals surface area contributed by atoms with Crippen LogP contribution in [0.4, 0.5) is 30.7 Å². The first-order chi connectivity index (χ1) is 5.70. The van der Waals surface area contributed by atoms with Crippen LogP contribution >= 0.6 is 0 Å². The Balaban J connectivity index is 0. The molecule has 0 aliphatic rings. The highest BCUT2D eigenvalue weighted by Gasteiger charge is 2.28. The van der Waals surface area contributed by atoms with Gasteiger partial charge in [-0.05, 0) is 0 Å². The predicted molar refractivity (Wildman–Crippen MR) is 28.8 cm³/mol. The van der Waals surface area contributed by atoms with Crippen molar-refractivity contribution in [1.82, 2.24) is 0 Å². The summed E-state index contributed by atoms with van der Waals surface area (Å²) in [4.78, 5) is 0. The zero-order valence-electron chi connectivity index (χ0n) is 5.84. The lowest BCUT2D eigenvalue weighted by atomic mass is 11.1. The molecule has 0 amide bonds. The molecular formula is C5H3F7O. The van der Waals surface area contributed by atoms with E-state index in [0.29, 0.717) is 6.26 Å². The highest BCUT2D eigenvalue weighted by molar-refractivity contribution is 4.77. The molecule has 0 aromatic rings. The van der Waals surface area contributed by atoms with Gasteiger partial charge in [-0.15, -0.1) is 13.2 Å². The van der Waals surface area contributed by atoms with Gasteiger partial charge in [-0.2, -0.15) is 17.6 Å². The molecule has 0 bridgehead atoms. The molecule has 0 atom stereocenters. The lowest BCUT2D eigenvalue weighted by Gasteiger charge is -2.00. The average molecular weight is 212 g/mol. The first kappa shape index (κ1) is 14.3. The van der Waals surface area contributed by atoms with E-state index in [1.807, 2.05) is 0 Å². The van der Waals surface area contributed by atoms with Crippen molar-refractivity contribution in [2.45, 2.75) is 6.36 Å². The van der Waals surface area contributed by atoms with Crippen molar-refractivity contribution in [3.05, 3.63) is 25.0 Å². The summed E-state index contributed by atoms with van der Waals surface area (Å²) >= 11 is 0. The normalized spacial score (nSPS) is 9.46. The van der Waals surface area contributed by atoms with Crippen molar-refractivity contribution in [2.75, 3.05) is 0 Å². The topological polar surface area (TPSA) is 9.23 Å². The molecule has 13 heavy (non-hydrogen) atoms. The second-order valence-corrected chi connectivity index (χ2v) is 1.25. The summed E-state index contributed by atoms with van der Waals surface area (Å²) in [6, 6.07) is 0. The molecule has 0 aliphatic carbocycles. The van der Waals surface area contributed by atoms with E-state index in [-0.39, 0.29) is 0 Å². The van der Waals surface area contributed by atoms with Crippen LogP contribution in [0, 0.1) is 0 Å². The van der Waals surface area contributed by atoms with E-state index >= 15 is 0 Å². The molecule has 0 saturated heterocycles. The molecule has 0 N–H and O–H groups in total. The molecule has 0 rings (SSSR count).